The number of nitrogens with zero attached hydrogens (tertiary/aromatic N) is 1. The maximum atomic E-state index is 13.4. The summed E-state index contributed by atoms with van der Waals surface area (Å²) in [5.41, 5.74) is 1.18. The molecule has 256 valence electrons. The SMILES string of the molecule is CC(=O)C[C@@H](Cc1ccc(O)cc1)C(=O)N[C@H](C(=O)C[C@@H](C)C(=O)N[C@@H](CC(=O)O)C(=O)c1ncc(-c2c(Cl)cccc2Cl)s1)C(C)C. The highest BCUT2D eigenvalue weighted by Crippen LogP contribution is 2.37. The zero-order chi connectivity index (χ0) is 35.7. The molecule has 3 rings (SSSR count). The zero-order valence-corrected chi connectivity index (χ0v) is 29.1. The van der Waals surface area contributed by atoms with Gasteiger partial charge in [0.25, 0.3) is 0 Å². The molecule has 0 unspecified atom stereocenters. The smallest absolute Gasteiger partial charge is 0.305 e. The Morgan fingerprint density at radius 3 is 2.06 bits per heavy atom. The third kappa shape index (κ3) is 10.7. The summed E-state index contributed by atoms with van der Waals surface area (Å²) in [6, 6.07) is 8.69. The van der Waals surface area contributed by atoms with E-state index in [0.29, 0.717) is 20.5 Å². The molecule has 2 aromatic carbocycles. The van der Waals surface area contributed by atoms with Gasteiger partial charge in [-0.2, -0.15) is 0 Å². The average molecular weight is 719 g/mol. The van der Waals surface area contributed by atoms with Crippen molar-refractivity contribution in [3.8, 4) is 16.2 Å². The lowest BCUT2D eigenvalue weighted by Gasteiger charge is -2.25. The number of hydrogen-bond acceptors (Lipinski definition) is 9. The molecule has 1 heterocycles. The van der Waals surface area contributed by atoms with Gasteiger partial charge in [0.15, 0.2) is 10.8 Å². The first kappa shape index (κ1) is 38.3. The number of Topliss-reactive ketones (excluding diaryl/α,β-unsaturated/α-hetero) is 3. The van der Waals surface area contributed by atoms with Crippen LogP contribution >= 0.6 is 34.5 Å². The van der Waals surface area contributed by atoms with Gasteiger partial charge < -0.3 is 25.6 Å². The number of carbonyl (C=O) groups is 6. The number of phenolic OH excluding ortho intramolecular Hbond substituents is 1. The van der Waals surface area contributed by atoms with Crippen LogP contribution in [0.3, 0.4) is 0 Å². The first-order valence-electron chi connectivity index (χ1n) is 15.1. The molecule has 4 atom stereocenters. The molecule has 48 heavy (non-hydrogen) atoms. The summed E-state index contributed by atoms with van der Waals surface area (Å²) in [4.78, 5) is 81.4. The molecule has 0 spiro atoms. The van der Waals surface area contributed by atoms with E-state index in [1.54, 1.807) is 44.2 Å². The molecule has 11 nitrogen and oxygen atoms in total. The number of rotatable bonds is 17. The standard InChI is InChI=1S/C34H37Cl2N3O8S/c1-17(2)30(39-33(47)21(13-19(4)40)14-20-8-10-22(41)11-9-20)26(42)12-18(3)32(46)38-25(15-28(43)44)31(45)34-37-16-27(48-34)29-23(35)6-5-7-24(29)36/h5-11,16-18,21,25,30,41H,12-15H2,1-4H3,(H,38,46)(H,39,47)(H,43,44)/t18-,21+,25+,30+/m1/s1. The van der Waals surface area contributed by atoms with Crippen molar-refractivity contribution in [2.24, 2.45) is 17.8 Å². The monoisotopic (exact) mass is 717 g/mol. The average Bonchev–Trinajstić information content (AvgIpc) is 3.48. The topological polar surface area (TPSA) is 180 Å². The van der Waals surface area contributed by atoms with Crippen molar-refractivity contribution in [2.75, 3.05) is 0 Å². The van der Waals surface area contributed by atoms with Gasteiger partial charge >= 0.3 is 5.97 Å². The van der Waals surface area contributed by atoms with Crippen LogP contribution in [0.2, 0.25) is 10.0 Å². The fourth-order valence-electron chi connectivity index (χ4n) is 5.02. The van der Waals surface area contributed by atoms with Crippen LogP contribution in [0.15, 0.2) is 48.7 Å². The van der Waals surface area contributed by atoms with Crippen LogP contribution in [0, 0.1) is 17.8 Å². The summed E-state index contributed by atoms with van der Waals surface area (Å²) < 4.78 is 0. The van der Waals surface area contributed by atoms with Crippen molar-refractivity contribution in [2.45, 2.75) is 65.5 Å². The van der Waals surface area contributed by atoms with Crippen LogP contribution < -0.4 is 10.6 Å². The fraction of sp³-hybridized carbons (Fsp3) is 0.382. The Hall–Kier alpha value is -4.13. The van der Waals surface area contributed by atoms with E-state index in [4.69, 9.17) is 23.2 Å². The number of aromatic nitrogens is 1. The first-order chi connectivity index (χ1) is 22.6. The summed E-state index contributed by atoms with van der Waals surface area (Å²) in [6.07, 6.45) is 0.489. The number of amides is 2. The number of carbonyl (C=O) groups excluding carboxylic acids is 5. The van der Waals surface area contributed by atoms with Gasteiger partial charge in [0, 0.05) is 36.4 Å². The van der Waals surface area contributed by atoms with E-state index in [-0.39, 0.29) is 41.7 Å². The Labute approximate surface area is 292 Å². The number of halogens is 2. The minimum atomic E-state index is -1.47. The lowest BCUT2D eigenvalue weighted by Crippen LogP contribution is -2.49. The first-order valence-corrected chi connectivity index (χ1v) is 16.7. The summed E-state index contributed by atoms with van der Waals surface area (Å²) in [5, 5.41) is 24.8. The van der Waals surface area contributed by atoms with E-state index in [1.165, 1.54) is 32.2 Å². The number of ketones is 3. The van der Waals surface area contributed by atoms with E-state index >= 15 is 0 Å². The molecule has 3 aromatic rings. The molecule has 0 saturated carbocycles. The maximum absolute atomic E-state index is 13.4. The second-order valence-corrected chi connectivity index (χ2v) is 13.8. The Balaban J connectivity index is 1.70. The van der Waals surface area contributed by atoms with Gasteiger partial charge in [-0.3, -0.25) is 24.0 Å². The van der Waals surface area contributed by atoms with Gasteiger partial charge in [-0.05, 0) is 49.1 Å². The molecule has 0 fully saturated rings. The molecule has 0 radical (unpaired) electrons. The number of phenols is 1. The Kier molecular flexibility index (Phi) is 13.8. The van der Waals surface area contributed by atoms with E-state index in [1.807, 2.05) is 0 Å². The number of aliphatic carboxylic acids is 1. The number of benzene rings is 2. The second kappa shape index (κ2) is 17.3. The highest BCUT2D eigenvalue weighted by molar-refractivity contribution is 7.17. The molecule has 0 saturated heterocycles. The fourth-order valence-corrected chi connectivity index (χ4v) is 6.71. The number of nitrogens with one attached hydrogen (secondary N) is 2. The van der Waals surface area contributed by atoms with Gasteiger partial charge in [0.2, 0.25) is 17.6 Å². The minimum absolute atomic E-state index is 0.0599. The lowest BCUT2D eigenvalue weighted by molar-refractivity contribution is -0.138. The molecule has 4 N–H and O–H groups in total. The molecule has 0 aliphatic heterocycles. The van der Waals surface area contributed by atoms with Crippen molar-refractivity contribution in [1.82, 2.24) is 15.6 Å². The molecular weight excluding hydrogens is 681 g/mol. The second-order valence-electron chi connectivity index (χ2n) is 11.9. The molecule has 14 heteroatoms. The zero-order valence-electron chi connectivity index (χ0n) is 26.8. The van der Waals surface area contributed by atoms with E-state index in [0.717, 1.165) is 16.9 Å². The van der Waals surface area contributed by atoms with E-state index < -0.39 is 59.7 Å². The molecule has 0 bridgehead atoms. The van der Waals surface area contributed by atoms with E-state index in [9.17, 15) is 39.0 Å². The van der Waals surface area contributed by atoms with Gasteiger partial charge in [-0.25, -0.2) is 4.98 Å². The van der Waals surface area contributed by atoms with Crippen molar-refractivity contribution >= 4 is 69.7 Å². The molecule has 0 aliphatic carbocycles. The summed E-state index contributed by atoms with van der Waals surface area (Å²) in [7, 11) is 0. The largest absolute Gasteiger partial charge is 0.508 e. The Bertz CT molecular complexity index is 1650. The van der Waals surface area contributed by atoms with Gasteiger partial charge in [-0.1, -0.05) is 62.2 Å². The number of carboxylic acids is 1. The number of carboxylic acid groups (broad SMARTS) is 1. The minimum Gasteiger partial charge on any atom is -0.508 e. The van der Waals surface area contributed by atoms with Crippen LogP contribution in [-0.2, 0) is 30.4 Å². The highest BCUT2D eigenvalue weighted by Gasteiger charge is 2.33. The number of aromatic hydroxyl groups is 1. The van der Waals surface area contributed by atoms with Gasteiger partial charge in [0.1, 0.15) is 17.6 Å². The predicted octanol–water partition coefficient (Wildman–Crippen LogP) is 5.54. The summed E-state index contributed by atoms with van der Waals surface area (Å²) in [6.45, 7) is 6.28. The normalized spacial score (nSPS) is 13.6. The van der Waals surface area contributed by atoms with Crippen molar-refractivity contribution < 1.29 is 39.0 Å². The highest BCUT2D eigenvalue weighted by atomic mass is 35.5. The van der Waals surface area contributed by atoms with Crippen LogP contribution in [0.25, 0.3) is 10.4 Å². The maximum Gasteiger partial charge on any atom is 0.305 e. The van der Waals surface area contributed by atoms with Crippen molar-refractivity contribution in [1.29, 1.82) is 0 Å². The number of hydrogen-bond donors (Lipinski definition) is 4. The third-order valence-corrected chi connectivity index (χ3v) is 9.19. The van der Waals surface area contributed by atoms with Gasteiger partial charge in [-0.15, -0.1) is 11.3 Å². The van der Waals surface area contributed by atoms with Crippen LogP contribution in [-0.4, -0.2) is 62.4 Å². The molecule has 1 aromatic heterocycles. The van der Waals surface area contributed by atoms with Crippen LogP contribution in [0.1, 0.15) is 62.3 Å². The van der Waals surface area contributed by atoms with E-state index in [2.05, 4.69) is 15.6 Å². The molecule has 0 aliphatic rings. The molecule has 2 amide bonds. The Morgan fingerprint density at radius 2 is 1.50 bits per heavy atom. The van der Waals surface area contributed by atoms with Gasteiger partial charge in [0.05, 0.1) is 27.4 Å². The lowest BCUT2D eigenvalue weighted by atomic mass is 9.90. The summed E-state index contributed by atoms with van der Waals surface area (Å²) in [5.74, 6) is -6.03. The molecular formula is C34H37Cl2N3O8S. The predicted molar refractivity (Wildman–Crippen MR) is 182 cm³/mol. The quantitative estimate of drug-likeness (QED) is 0.130. The number of thiazole rings is 1. The van der Waals surface area contributed by atoms with Crippen LogP contribution in [0.4, 0.5) is 0 Å². The third-order valence-electron chi connectivity index (χ3n) is 7.53. The summed E-state index contributed by atoms with van der Waals surface area (Å²) >= 11 is 13.5. The Morgan fingerprint density at radius 1 is 0.875 bits per heavy atom. The van der Waals surface area contributed by atoms with Crippen molar-refractivity contribution in [3.05, 3.63) is 69.3 Å². The van der Waals surface area contributed by atoms with Crippen molar-refractivity contribution in [3.63, 3.8) is 0 Å². The van der Waals surface area contributed by atoms with Crippen LogP contribution in [0.5, 0.6) is 5.75 Å².